The van der Waals surface area contributed by atoms with Gasteiger partial charge < -0.3 is 15.2 Å². The van der Waals surface area contributed by atoms with Crippen LogP contribution >= 0.6 is 24.8 Å². The molecule has 8 heteroatoms. The third kappa shape index (κ3) is 4.18. The predicted molar refractivity (Wildman–Crippen MR) is 97.4 cm³/mol. The lowest BCUT2D eigenvalue weighted by atomic mass is 9.88. The van der Waals surface area contributed by atoms with Crippen LogP contribution < -0.4 is 10.6 Å². The molecule has 2 N–H and O–H groups in total. The molecule has 1 unspecified atom stereocenters. The van der Waals surface area contributed by atoms with Gasteiger partial charge in [-0.2, -0.15) is 0 Å². The fourth-order valence-electron chi connectivity index (χ4n) is 2.78. The molecule has 1 aromatic heterocycles. The van der Waals surface area contributed by atoms with Crippen LogP contribution in [0.2, 0.25) is 0 Å². The third-order valence-corrected chi connectivity index (χ3v) is 4.52. The van der Waals surface area contributed by atoms with Crippen molar-refractivity contribution in [3.8, 4) is 0 Å². The monoisotopic (exact) mass is 376 g/mol. The SMILES string of the molecule is CC(C(=O)NCCc1nc2cc(F)ccc2n1C)C1CNC1.Cl.Cl. The Morgan fingerprint density at radius 1 is 1.46 bits per heavy atom. The first-order valence-electron chi connectivity index (χ1n) is 7.65. The van der Waals surface area contributed by atoms with Crippen molar-refractivity contribution in [3.05, 3.63) is 29.8 Å². The normalized spacial score (nSPS) is 15.1. The van der Waals surface area contributed by atoms with Gasteiger partial charge in [-0.15, -0.1) is 24.8 Å². The van der Waals surface area contributed by atoms with Gasteiger partial charge in [-0.3, -0.25) is 4.79 Å². The smallest absolute Gasteiger partial charge is 0.223 e. The summed E-state index contributed by atoms with van der Waals surface area (Å²) in [5, 5.41) is 6.15. The topological polar surface area (TPSA) is 59.0 Å². The Hall–Kier alpha value is -1.37. The Bertz CT molecular complexity index is 703. The fraction of sp³-hybridized carbons (Fsp3) is 0.500. The van der Waals surface area contributed by atoms with Gasteiger partial charge in [-0.1, -0.05) is 6.92 Å². The minimum Gasteiger partial charge on any atom is -0.355 e. The van der Waals surface area contributed by atoms with Gasteiger partial charge in [-0.05, 0) is 31.1 Å². The van der Waals surface area contributed by atoms with Crippen LogP contribution in [0.1, 0.15) is 12.7 Å². The average Bonchev–Trinajstić information content (AvgIpc) is 2.72. The molecule has 0 aliphatic carbocycles. The summed E-state index contributed by atoms with van der Waals surface area (Å²) in [6, 6.07) is 4.60. The van der Waals surface area contributed by atoms with Crippen molar-refractivity contribution >= 4 is 41.8 Å². The zero-order valence-corrected chi connectivity index (χ0v) is 15.3. The average molecular weight is 377 g/mol. The molecule has 24 heavy (non-hydrogen) atoms. The van der Waals surface area contributed by atoms with Crippen LogP contribution in [0.4, 0.5) is 4.39 Å². The lowest BCUT2D eigenvalue weighted by molar-refractivity contribution is -0.126. The highest BCUT2D eigenvalue weighted by Crippen LogP contribution is 2.17. The molecule has 2 heterocycles. The van der Waals surface area contributed by atoms with Crippen LogP contribution in [0.15, 0.2) is 18.2 Å². The first-order chi connectivity index (χ1) is 10.6. The summed E-state index contributed by atoms with van der Waals surface area (Å²) in [6.07, 6.45) is 0.633. The number of aromatic nitrogens is 2. The lowest BCUT2D eigenvalue weighted by Crippen LogP contribution is -2.49. The number of hydrogen-bond donors (Lipinski definition) is 2. The summed E-state index contributed by atoms with van der Waals surface area (Å²) in [7, 11) is 1.91. The highest BCUT2D eigenvalue weighted by Gasteiger charge is 2.28. The van der Waals surface area contributed by atoms with Crippen molar-refractivity contribution in [3.63, 3.8) is 0 Å². The van der Waals surface area contributed by atoms with Gasteiger partial charge in [-0.25, -0.2) is 9.37 Å². The molecule has 0 radical (unpaired) electrons. The number of imidazole rings is 1. The van der Waals surface area contributed by atoms with Crippen LogP contribution in [-0.4, -0.2) is 35.1 Å². The Morgan fingerprint density at radius 3 is 2.79 bits per heavy atom. The van der Waals surface area contributed by atoms with E-state index in [9.17, 15) is 9.18 Å². The van der Waals surface area contributed by atoms with Gasteiger partial charge in [0.25, 0.3) is 0 Å². The molecular weight excluding hydrogens is 354 g/mol. The molecule has 1 aliphatic rings. The second-order valence-corrected chi connectivity index (χ2v) is 5.97. The maximum absolute atomic E-state index is 13.2. The molecule has 1 fully saturated rings. The van der Waals surface area contributed by atoms with E-state index in [1.165, 1.54) is 12.1 Å². The number of aryl methyl sites for hydroxylation is 1. The standard InChI is InChI=1S/C16H21FN4O.2ClH/c1-10(11-8-18-9-11)16(22)19-6-5-15-20-13-7-12(17)3-4-14(13)21(15)2;;/h3-4,7,10-11,18H,5-6,8-9H2,1-2H3,(H,19,22);2*1H. The highest BCUT2D eigenvalue weighted by molar-refractivity contribution is 5.85. The van der Waals surface area contributed by atoms with Gasteiger partial charge in [0.1, 0.15) is 11.6 Å². The predicted octanol–water partition coefficient (Wildman–Crippen LogP) is 2.07. The van der Waals surface area contributed by atoms with E-state index in [0.29, 0.717) is 24.4 Å². The lowest BCUT2D eigenvalue weighted by Gasteiger charge is -2.31. The summed E-state index contributed by atoms with van der Waals surface area (Å²) in [5.41, 5.74) is 1.55. The van der Waals surface area contributed by atoms with Crippen molar-refractivity contribution in [2.75, 3.05) is 19.6 Å². The van der Waals surface area contributed by atoms with Gasteiger partial charge >= 0.3 is 0 Å². The van der Waals surface area contributed by atoms with Crippen molar-refractivity contribution in [1.82, 2.24) is 20.2 Å². The molecule has 1 aromatic carbocycles. The number of amides is 1. The summed E-state index contributed by atoms with van der Waals surface area (Å²) in [6.45, 7) is 4.36. The van der Waals surface area contributed by atoms with Crippen LogP contribution in [0.3, 0.4) is 0 Å². The molecule has 0 spiro atoms. The largest absolute Gasteiger partial charge is 0.355 e. The van der Waals surface area contributed by atoms with Gasteiger partial charge in [0.2, 0.25) is 5.91 Å². The molecular formula is C16H23Cl2FN4O. The Morgan fingerprint density at radius 2 is 2.17 bits per heavy atom. The number of rotatable bonds is 5. The van der Waals surface area contributed by atoms with Crippen molar-refractivity contribution < 1.29 is 9.18 Å². The van der Waals surface area contributed by atoms with Crippen LogP contribution in [0.25, 0.3) is 11.0 Å². The maximum Gasteiger partial charge on any atom is 0.223 e. The second-order valence-electron chi connectivity index (χ2n) is 5.97. The van der Waals surface area contributed by atoms with Crippen molar-refractivity contribution in [1.29, 1.82) is 0 Å². The number of fused-ring (bicyclic) bond motifs is 1. The quantitative estimate of drug-likeness (QED) is 0.839. The zero-order chi connectivity index (χ0) is 15.7. The van der Waals surface area contributed by atoms with E-state index in [2.05, 4.69) is 15.6 Å². The number of nitrogens with one attached hydrogen (secondary N) is 2. The Balaban J connectivity index is 0.00000144. The minimum atomic E-state index is -0.284. The molecule has 0 bridgehead atoms. The van der Waals surface area contributed by atoms with E-state index < -0.39 is 0 Å². The van der Waals surface area contributed by atoms with Gasteiger partial charge in [0.05, 0.1) is 11.0 Å². The van der Waals surface area contributed by atoms with E-state index in [4.69, 9.17) is 0 Å². The molecule has 1 aliphatic heterocycles. The zero-order valence-electron chi connectivity index (χ0n) is 13.7. The van der Waals surface area contributed by atoms with E-state index in [-0.39, 0.29) is 42.5 Å². The first-order valence-corrected chi connectivity index (χ1v) is 7.65. The van der Waals surface area contributed by atoms with Crippen LogP contribution in [-0.2, 0) is 18.3 Å². The van der Waals surface area contributed by atoms with Crippen molar-refractivity contribution in [2.45, 2.75) is 13.3 Å². The van der Waals surface area contributed by atoms with E-state index in [1.807, 2.05) is 18.5 Å². The molecule has 134 valence electrons. The number of nitrogens with zero attached hydrogens (tertiary/aromatic N) is 2. The molecule has 3 rings (SSSR count). The van der Waals surface area contributed by atoms with E-state index in [0.717, 1.165) is 24.4 Å². The Kier molecular flexibility index (Phi) is 7.45. The number of benzene rings is 1. The summed E-state index contributed by atoms with van der Waals surface area (Å²) >= 11 is 0. The molecule has 0 saturated carbocycles. The molecule has 1 amide bonds. The number of hydrogen-bond acceptors (Lipinski definition) is 3. The number of carbonyl (C=O) groups excluding carboxylic acids is 1. The molecule has 1 saturated heterocycles. The van der Waals surface area contributed by atoms with Crippen molar-refractivity contribution in [2.24, 2.45) is 18.9 Å². The number of carbonyl (C=O) groups is 1. The van der Waals surface area contributed by atoms with Crippen LogP contribution in [0, 0.1) is 17.7 Å². The first kappa shape index (κ1) is 20.7. The summed E-state index contributed by atoms with van der Waals surface area (Å²) in [5.74, 6) is 1.14. The molecule has 1 atom stereocenters. The second kappa shape index (κ2) is 8.65. The fourth-order valence-corrected chi connectivity index (χ4v) is 2.78. The Labute approximate surface area is 153 Å². The van der Waals surface area contributed by atoms with E-state index in [1.54, 1.807) is 6.07 Å². The minimum absolute atomic E-state index is 0. The molecule has 2 aromatic rings. The highest BCUT2D eigenvalue weighted by atomic mass is 35.5. The maximum atomic E-state index is 13.2. The summed E-state index contributed by atoms with van der Waals surface area (Å²) in [4.78, 5) is 16.5. The summed E-state index contributed by atoms with van der Waals surface area (Å²) < 4.78 is 15.2. The van der Waals surface area contributed by atoms with Gasteiger partial charge in [0.15, 0.2) is 0 Å². The van der Waals surface area contributed by atoms with Crippen LogP contribution in [0.5, 0.6) is 0 Å². The third-order valence-electron chi connectivity index (χ3n) is 4.52. The number of halogens is 3. The van der Waals surface area contributed by atoms with Gasteiger partial charge in [0, 0.05) is 32.0 Å². The van der Waals surface area contributed by atoms with E-state index >= 15 is 0 Å². The molecule has 5 nitrogen and oxygen atoms in total.